The van der Waals surface area contributed by atoms with E-state index >= 15 is 0 Å². The average Bonchev–Trinajstić information content (AvgIpc) is 2.46. The standard InChI is InChI=1S/C16H12N2O3/c1-10(19)18-15(21)8-12(9-17-18)16-13-5-3-2-4-11(13)6-7-14(16)20/h2-9,20H,1H3. The highest BCUT2D eigenvalue weighted by Crippen LogP contribution is 2.35. The van der Waals surface area contributed by atoms with Gasteiger partial charge in [0.25, 0.3) is 5.56 Å². The summed E-state index contributed by atoms with van der Waals surface area (Å²) in [4.78, 5) is 23.1. The van der Waals surface area contributed by atoms with Crippen molar-refractivity contribution in [3.63, 3.8) is 0 Å². The molecule has 0 aliphatic heterocycles. The van der Waals surface area contributed by atoms with E-state index in [2.05, 4.69) is 5.10 Å². The molecule has 0 saturated heterocycles. The molecular weight excluding hydrogens is 268 g/mol. The SMILES string of the molecule is CC(=O)n1ncc(-c2c(O)ccc3ccccc23)cc1=O. The van der Waals surface area contributed by atoms with Crippen LogP contribution < -0.4 is 5.56 Å². The van der Waals surface area contributed by atoms with E-state index in [0.717, 1.165) is 15.5 Å². The zero-order valence-electron chi connectivity index (χ0n) is 11.3. The van der Waals surface area contributed by atoms with Gasteiger partial charge in [0, 0.05) is 24.1 Å². The number of aromatic nitrogens is 2. The summed E-state index contributed by atoms with van der Waals surface area (Å²) in [5.41, 5.74) is 0.493. The number of aromatic hydroxyl groups is 1. The number of phenols is 1. The van der Waals surface area contributed by atoms with Crippen molar-refractivity contribution in [2.75, 3.05) is 0 Å². The van der Waals surface area contributed by atoms with Gasteiger partial charge >= 0.3 is 0 Å². The molecule has 0 radical (unpaired) electrons. The Morgan fingerprint density at radius 3 is 2.67 bits per heavy atom. The molecule has 1 heterocycles. The lowest BCUT2D eigenvalue weighted by atomic mass is 9.99. The van der Waals surface area contributed by atoms with Crippen molar-refractivity contribution < 1.29 is 9.90 Å². The molecule has 3 aromatic rings. The number of hydrogen-bond donors (Lipinski definition) is 1. The molecule has 0 unspecified atom stereocenters. The Hall–Kier alpha value is -2.95. The number of benzene rings is 2. The number of nitrogens with zero attached hydrogens (tertiary/aromatic N) is 2. The topological polar surface area (TPSA) is 72.2 Å². The van der Waals surface area contributed by atoms with Gasteiger partial charge in [0.15, 0.2) is 0 Å². The molecule has 5 heteroatoms. The highest BCUT2D eigenvalue weighted by Gasteiger charge is 2.12. The predicted octanol–water partition coefficient (Wildman–Crippen LogP) is 2.43. The predicted molar refractivity (Wildman–Crippen MR) is 79.4 cm³/mol. The molecule has 0 spiro atoms. The van der Waals surface area contributed by atoms with Gasteiger partial charge in [0.2, 0.25) is 5.91 Å². The van der Waals surface area contributed by atoms with Crippen LogP contribution in [0.5, 0.6) is 5.75 Å². The van der Waals surface area contributed by atoms with Gasteiger partial charge in [-0.25, -0.2) is 0 Å². The lowest BCUT2D eigenvalue weighted by Gasteiger charge is -2.09. The highest BCUT2D eigenvalue weighted by molar-refractivity contribution is 5.99. The van der Waals surface area contributed by atoms with Crippen LogP contribution >= 0.6 is 0 Å². The maximum absolute atomic E-state index is 11.9. The second-order valence-electron chi connectivity index (χ2n) is 4.69. The van der Waals surface area contributed by atoms with E-state index in [1.165, 1.54) is 19.2 Å². The Morgan fingerprint density at radius 1 is 1.19 bits per heavy atom. The maximum atomic E-state index is 11.9. The molecular formula is C16H12N2O3. The molecule has 21 heavy (non-hydrogen) atoms. The lowest BCUT2D eigenvalue weighted by Crippen LogP contribution is -2.26. The number of phenolic OH excluding ortho intramolecular Hbond substituents is 1. The maximum Gasteiger partial charge on any atom is 0.274 e. The number of carbonyl (C=O) groups is 1. The molecule has 0 fully saturated rings. The van der Waals surface area contributed by atoms with Crippen LogP contribution in [0.15, 0.2) is 53.5 Å². The summed E-state index contributed by atoms with van der Waals surface area (Å²) in [5.74, 6) is -0.385. The van der Waals surface area contributed by atoms with Crippen molar-refractivity contribution in [3.05, 3.63) is 59.0 Å². The molecule has 5 nitrogen and oxygen atoms in total. The first-order valence-electron chi connectivity index (χ1n) is 6.39. The zero-order valence-corrected chi connectivity index (χ0v) is 11.3. The lowest BCUT2D eigenvalue weighted by molar-refractivity contribution is 0.0915. The second-order valence-corrected chi connectivity index (χ2v) is 4.69. The van der Waals surface area contributed by atoms with Crippen LogP contribution in [0.25, 0.3) is 21.9 Å². The van der Waals surface area contributed by atoms with Crippen molar-refractivity contribution in [1.29, 1.82) is 0 Å². The summed E-state index contributed by atoms with van der Waals surface area (Å²) in [6.45, 7) is 1.27. The number of fused-ring (bicyclic) bond motifs is 1. The fourth-order valence-electron chi connectivity index (χ4n) is 2.34. The van der Waals surface area contributed by atoms with Crippen molar-refractivity contribution in [2.24, 2.45) is 0 Å². The van der Waals surface area contributed by atoms with E-state index in [1.807, 2.05) is 24.3 Å². The smallest absolute Gasteiger partial charge is 0.274 e. The fourth-order valence-corrected chi connectivity index (χ4v) is 2.34. The number of hydrogen-bond acceptors (Lipinski definition) is 4. The van der Waals surface area contributed by atoms with E-state index in [4.69, 9.17) is 0 Å². The average molecular weight is 280 g/mol. The summed E-state index contributed by atoms with van der Waals surface area (Å²) >= 11 is 0. The summed E-state index contributed by atoms with van der Waals surface area (Å²) < 4.78 is 0.783. The molecule has 0 bridgehead atoms. The minimum Gasteiger partial charge on any atom is -0.507 e. The summed E-state index contributed by atoms with van der Waals surface area (Å²) in [6, 6.07) is 12.2. The van der Waals surface area contributed by atoms with Crippen molar-refractivity contribution in [2.45, 2.75) is 6.92 Å². The van der Waals surface area contributed by atoms with Gasteiger partial charge in [-0.1, -0.05) is 30.3 Å². The Kier molecular flexibility index (Phi) is 3.02. The van der Waals surface area contributed by atoms with E-state index in [0.29, 0.717) is 11.1 Å². The monoisotopic (exact) mass is 280 g/mol. The minimum absolute atomic E-state index is 0.0653. The van der Waals surface area contributed by atoms with Gasteiger partial charge < -0.3 is 5.11 Å². The second kappa shape index (κ2) is 4.86. The number of carbonyl (C=O) groups excluding carboxylic acids is 1. The molecule has 1 aromatic heterocycles. The summed E-state index contributed by atoms with van der Waals surface area (Å²) in [7, 11) is 0. The van der Waals surface area contributed by atoms with E-state index < -0.39 is 11.5 Å². The van der Waals surface area contributed by atoms with Crippen LogP contribution in [0, 0.1) is 0 Å². The normalized spacial score (nSPS) is 10.7. The van der Waals surface area contributed by atoms with Crippen molar-refractivity contribution in [3.8, 4) is 16.9 Å². The van der Waals surface area contributed by atoms with Crippen LogP contribution in [0.2, 0.25) is 0 Å². The molecule has 104 valence electrons. The van der Waals surface area contributed by atoms with Crippen LogP contribution in [0.3, 0.4) is 0 Å². The van der Waals surface area contributed by atoms with Crippen LogP contribution in [-0.2, 0) is 0 Å². The highest BCUT2D eigenvalue weighted by atomic mass is 16.3. The first-order valence-corrected chi connectivity index (χ1v) is 6.39. The largest absolute Gasteiger partial charge is 0.507 e. The minimum atomic E-state index is -0.521. The molecule has 0 amide bonds. The van der Waals surface area contributed by atoms with Crippen molar-refractivity contribution in [1.82, 2.24) is 9.78 Å². The van der Waals surface area contributed by atoms with Gasteiger partial charge in [-0.15, -0.1) is 0 Å². The van der Waals surface area contributed by atoms with E-state index in [1.54, 1.807) is 12.1 Å². The van der Waals surface area contributed by atoms with Gasteiger partial charge in [-0.2, -0.15) is 9.78 Å². The third-order valence-corrected chi connectivity index (χ3v) is 3.29. The van der Waals surface area contributed by atoms with Gasteiger partial charge in [-0.05, 0) is 16.8 Å². The van der Waals surface area contributed by atoms with Crippen molar-refractivity contribution >= 4 is 16.7 Å². The first kappa shape index (κ1) is 13.1. The fraction of sp³-hybridized carbons (Fsp3) is 0.0625. The van der Waals surface area contributed by atoms with Gasteiger partial charge in [0.1, 0.15) is 5.75 Å². The van der Waals surface area contributed by atoms with Crippen LogP contribution in [-0.4, -0.2) is 20.8 Å². The van der Waals surface area contributed by atoms with E-state index in [-0.39, 0.29) is 5.75 Å². The Morgan fingerprint density at radius 2 is 1.95 bits per heavy atom. The first-order chi connectivity index (χ1) is 10.1. The Balaban J connectivity index is 2.30. The third-order valence-electron chi connectivity index (χ3n) is 3.29. The van der Waals surface area contributed by atoms with Gasteiger partial charge in [-0.3, -0.25) is 9.59 Å². The van der Waals surface area contributed by atoms with Gasteiger partial charge in [0.05, 0.1) is 6.20 Å². The molecule has 0 aliphatic carbocycles. The molecule has 0 aliphatic rings. The Labute approximate surface area is 120 Å². The molecule has 0 atom stereocenters. The quantitative estimate of drug-likeness (QED) is 0.743. The summed E-state index contributed by atoms with van der Waals surface area (Å²) in [5, 5.41) is 15.7. The van der Waals surface area contributed by atoms with Crippen LogP contribution in [0.1, 0.15) is 11.7 Å². The van der Waals surface area contributed by atoms with E-state index in [9.17, 15) is 14.7 Å². The third kappa shape index (κ3) is 2.18. The summed E-state index contributed by atoms with van der Waals surface area (Å²) in [6.07, 6.45) is 1.41. The molecule has 0 saturated carbocycles. The van der Waals surface area contributed by atoms with Crippen LogP contribution in [0.4, 0.5) is 0 Å². The molecule has 3 rings (SSSR count). The molecule has 2 aromatic carbocycles. The zero-order chi connectivity index (χ0) is 15.0. The number of rotatable bonds is 1. The molecule has 1 N–H and O–H groups in total. The Bertz CT molecular complexity index is 913.